The summed E-state index contributed by atoms with van der Waals surface area (Å²) in [5, 5.41) is 1.92. The zero-order chi connectivity index (χ0) is 18.8. The van der Waals surface area contributed by atoms with Gasteiger partial charge >= 0.3 is 0 Å². The number of para-hydroxylation sites is 1. The molecular formula is C24H26ClNO. The second-order valence-electron chi connectivity index (χ2n) is 7.63. The van der Waals surface area contributed by atoms with Gasteiger partial charge in [0.15, 0.2) is 5.78 Å². The molecule has 1 saturated carbocycles. The van der Waals surface area contributed by atoms with E-state index < -0.39 is 0 Å². The topological polar surface area (TPSA) is 22.0 Å². The van der Waals surface area contributed by atoms with Crippen LogP contribution in [0.1, 0.15) is 51.5 Å². The molecule has 1 heterocycles. The Labute approximate surface area is 166 Å². The van der Waals surface area contributed by atoms with Crippen molar-refractivity contribution in [2.75, 3.05) is 0 Å². The van der Waals surface area contributed by atoms with E-state index >= 15 is 0 Å². The van der Waals surface area contributed by atoms with Gasteiger partial charge in [0.2, 0.25) is 0 Å². The molecule has 0 saturated heterocycles. The van der Waals surface area contributed by atoms with Gasteiger partial charge in [0.1, 0.15) is 0 Å². The van der Waals surface area contributed by atoms with Crippen LogP contribution < -0.4 is 0 Å². The van der Waals surface area contributed by atoms with Crippen LogP contribution in [0.4, 0.5) is 0 Å². The molecule has 4 rings (SSSR count). The summed E-state index contributed by atoms with van der Waals surface area (Å²) in [6.07, 6.45) is 6.61. The van der Waals surface area contributed by atoms with Crippen LogP contribution in [0.15, 0.2) is 54.6 Å². The van der Waals surface area contributed by atoms with Crippen LogP contribution in [0.25, 0.3) is 22.2 Å². The maximum absolute atomic E-state index is 13.1. The highest BCUT2D eigenvalue weighted by Crippen LogP contribution is 2.40. The Morgan fingerprint density at radius 2 is 1.78 bits per heavy atom. The van der Waals surface area contributed by atoms with E-state index in [-0.39, 0.29) is 6.04 Å². The van der Waals surface area contributed by atoms with Gasteiger partial charge < -0.3 is 4.57 Å². The van der Waals surface area contributed by atoms with E-state index in [9.17, 15) is 4.79 Å². The third-order valence-electron chi connectivity index (χ3n) is 5.94. The third-order valence-corrected chi connectivity index (χ3v) is 6.19. The number of Topliss-reactive ketones (excluding diaryl/α,β-unsaturated/α-hetero) is 1. The Morgan fingerprint density at radius 1 is 1.07 bits per heavy atom. The Balaban J connectivity index is 1.92. The number of halogens is 1. The van der Waals surface area contributed by atoms with Gasteiger partial charge in [0.25, 0.3) is 0 Å². The van der Waals surface area contributed by atoms with Gasteiger partial charge in [0, 0.05) is 28.0 Å². The summed E-state index contributed by atoms with van der Waals surface area (Å²) in [6, 6.07) is 18.5. The van der Waals surface area contributed by atoms with Crippen molar-refractivity contribution in [3.63, 3.8) is 0 Å². The molecule has 2 aromatic carbocycles. The van der Waals surface area contributed by atoms with E-state index in [0.717, 1.165) is 34.6 Å². The smallest absolute Gasteiger partial charge is 0.155 e. The summed E-state index contributed by atoms with van der Waals surface area (Å²) in [4.78, 5) is 13.1. The summed E-state index contributed by atoms with van der Waals surface area (Å²) in [7, 11) is 0. The van der Waals surface area contributed by atoms with Crippen molar-refractivity contribution >= 4 is 28.3 Å². The van der Waals surface area contributed by atoms with Crippen molar-refractivity contribution in [1.29, 1.82) is 0 Å². The number of hydrogen-bond donors (Lipinski definition) is 0. The fourth-order valence-electron chi connectivity index (χ4n) is 4.60. The normalized spacial score (nSPS) is 16.5. The fourth-order valence-corrected chi connectivity index (χ4v) is 4.72. The van der Waals surface area contributed by atoms with Gasteiger partial charge in [-0.15, -0.1) is 0 Å². The molecule has 27 heavy (non-hydrogen) atoms. The Kier molecular flexibility index (Phi) is 5.36. The highest BCUT2D eigenvalue weighted by molar-refractivity contribution is 6.30. The minimum absolute atomic E-state index is 0.0825. The second kappa shape index (κ2) is 7.90. The molecule has 0 radical (unpaired) electrons. The summed E-state index contributed by atoms with van der Waals surface area (Å²) in [5.74, 6) is 0.770. The Hall–Kier alpha value is -2.06. The molecule has 0 amide bonds. The summed E-state index contributed by atoms with van der Waals surface area (Å²) >= 11 is 6.11. The van der Waals surface area contributed by atoms with E-state index in [0.29, 0.717) is 18.1 Å². The molecule has 140 valence electrons. The first-order valence-electron chi connectivity index (χ1n) is 10.1. The number of ketones is 1. The van der Waals surface area contributed by atoms with E-state index in [4.69, 9.17) is 11.6 Å². The molecule has 3 heteroatoms. The summed E-state index contributed by atoms with van der Waals surface area (Å²) in [5.41, 5.74) is 3.38. The molecule has 1 atom stereocenters. The van der Waals surface area contributed by atoms with Gasteiger partial charge in [0.05, 0.1) is 6.04 Å². The molecule has 3 aromatic rings. The van der Waals surface area contributed by atoms with E-state index in [2.05, 4.69) is 47.0 Å². The number of fused-ring (bicyclic) bond motifs is 1. The number of benzene rings is 2. The molecule has 0 N–H and O–H groups in total. The van der Waals surface area contributed by atoms with E-state index in [1.807, 2.05) is 19.1 Å². The van der Waals surface area contributed by atoms with Crippen molar-refractivity contribution < 1.29 is 4.79 Å². The van der Waals surface area contributed by atoms with Gasteiger partial charge in [-0.25, -0.2) is 0 Å². The van der Waals surface area contributed by atoms with Gasteiger partial charge in [-0.05, 0) is 48.6 Å². The highest BCUT2D eigenvalue weighted by atomic mass is 35.5. The molecule has 2 nitrogen and oxygen atoms in total. The molecular weight excluding hydrogens is 354 g/mol. The molecule has 1 aliphatic rings. The lowest BCUT2D eigenvalue weighted by Crippen LogP contribution is -2.29. The standard InChI is InChI=1S/C24H26ClNO/c1-2-23(27)24(18-8-4-3-5-9-18)26-21-11-7-6-10-19(21)16-22(26)17-12-14-20(25)15-13-17/h6-7,10-16,18,24H,2-5,8-9H2,1H3/t24-/m0/s1. The minimum atomic E-state index is -0.0825. The lowest BCUT2D eigenvalue weighted by molar-refractivity contribution is -0.123. The number of aromatic nitrogens is 1. The lowest BCUT2D eigenvalue weighted by Gasteiger charge is -2.32. The van der Waals surface area contributed by atoms with Crippen LogP contribution >= 0.6 is 11.6 Å². The molecule has 0 aliphatic heterocycles. The van der Waals surface area contributed by atoms with Crippen LogP contribution in [0, 0.1) is 5.92 Å². The van der Waals surface area contributed by atoms with Crippen LogP contribution in [0.2, 0.25) is 5.02 Å². The van der Waals surface area contributed by atoms with Gasteiger partial charge in [-0.2, -0.15) is 0 Å². The number of carbonyl (C=O) groups is 1. The van der Waals surface area contributed by atoms with Crippen molar-refractivity contribution in [2.24, 2.45) is 5.92 Å². The Bertz CT molecular complexity index is 935. The summed E-state index contributed by atoms with van der Waals surface area (Å²) < 4.78 is 2.32. The number of nitrogens with zero attached hydrogens (tertiary/aromatic N) is 1. The number of carbonyl (C=O) groups excluding carboxylic acids is 1. The fraction of sp³-hybridized carbons (Fsp3) is 0.375. The van der Waals surface area contributed by atoms with E-state index in [1.54, 1.807) is 0 Å². The zero-order valence-electron chi connectivity index (χ0n) is 15.8. The van der Waals surface area contributed by atoms with Crippen LogP contribution in [-0.4, -0.2) is 10.4 Å². The largest absolute Gasteiger partial charge is 0.330 e. The molecule has 1 fully saturated rings. The predicted molar refractivity (Wildman–Crippen MR) is 113 cm³/mol. The quantitative estimate of drug-likeness (QED) is 0.465. The maximum atomic E-state index is 13.1. The predicted octanol–water partition coefficient (Wildman–Crippen LogP) is 7.06. The van der Waals surface area contributed by atoms with Crippen molar-refractivity contribution in [2.45, 2.75) is 51.5 Å². The van der Waals surface area contributed by atoms with E-state index in [1.165, 1.54) is 24.6 Å². The maximum Gasteiger partial charge on any atom is 0.155 e. The number of hydrogen-bond acceptors (Lipinski definition) is 1. The lowest BCUT2D eigenvalue weighted by atomic mass is 9.81. The minimum Gasteiger partial charge on any atom is -0.330 e. The average Bonchev–Trinajstić information content (AvgIpc) is 3.09. The third kappa shape index (κ3) is 3.55. The van der Waals surface area contributed by atoms with Crippen molar-refractivity contribution in [3.05, 3.63) is 59.6 Å². The zero-order valence-corrected chi connectivity index (χ0v) is 16.6. The SMILES string of the molecule is CCC(=O)[C@H](C1CCCCC1)n1c(-c2ccc(Cl)cc2)cc2ccccc21. The van der Waals surface area contributed by atoms with Crippen LogP contribution in [-0.2, 0) is 4.79 Å². The first-order chi connectivity index (χ1) is 13.2. The monoisotopic (exact) mass is 379 g/mol. The van der Waals surface area contributed by atoms with Crippen molar-refractivity contribution in [1.82, 2.24) is 4.57 Å². The first-order valence-corrected chi connectivity index (χ1v) is 10.5. The Morgan fingerprint density at radius 3 is 2.48 bits per heavy atom. The molecule has 0 unspecified atom stereocenters. The highest BCUT2D eigenvalue weighted by Gasteiger charge is 2.32. The van der Waals surface area contributed by atoms with Gasteiger partial charge in [-0.1, -0.05) is 68.1 Å². The molecule has 1 aliphatic carbocycles. The van der Waals surface area contributed by atoms with Crippen LogP contribution in [0.3, 0.4) is 0 Å². The summed E-state index contributed by atoms with van der Waals surface area (Å²) in [6.45, 7) is 1.99. The van der Waals surface area contributed by atoms with Crippen LogP contribution in [0.5, 0.6) is 0 Å². The second-order valence-corrected chi connectivity index (χ2v) is 8.06. The number of rotatable bonds is 5. The van der Waals surface area contributed by atoms with Crippen molar-refractivity contribution in [3.8, 4) is 11.3 Å². The molecule has 1 aromatic heterocycles. The average molecular weight is 380 g/mol. The molecule has 0 bridgehead atoms. The van der Waals surface area contributed by atoms with Gasteiger partial charge in [-0.3, -0.25) is 4.79 Å². The molecule has 0 spiro atoms. The first kappa shape index (κ1) is 18.3.